The quantitative estimate of drug-likeness (QED) is 0.161. The Labute approximate surface area is 317 Å². The van der Waals surface area contributed by atoms with Crippen LogP contribution in [0.15, 0.2) is 200 Å². The third kappa shape index (κ3) is 4.92. The molecular formula is C52H33NS. The highest BCUT2D eigenvalue weighted by molar-refractivity contribution is 7.26. The zero-order chi connectivity index (χ0) is 35.6. The fourth-order valence-corrected chi connectivity index (χ4v) is 9.68. The summed E-state index contributed by atoms with van der Waals surface area (Å²) in [5.41, 5.74) is 8.26. The molecule has 0 fully saturated rings. The summed E-state index contributed by atoms with van der Waals surface area (Å²) in [4.78, 5) is 2.46. The number of rotatable bonds is 5. The fourth-order valence-electron chi connectivity index (χ4n) is 8.54. The van der Waals surface area contributed by atoms with Crippen LogP contribution >= 0.6 is 11.3 Å². The molecule has 0 amide bonds. The molecule has 54 heavy (non-hydrogen) atoms. The van der Waals surface area contributed by atoms with E-state index in [1.165, 1.54) is 91.2 Å². The molecule has 1 heterocycles. The van der Waals surface area contributed by atoms with E-state index in [0.29, 0.717) is 0 Å². The van der Waals surface area contributed by atoms with Gasteiger partial charge in [0.1, 0.15) is 0 Å². The largest absolute Gasteiger partial charge is 0.310 e. The fraction of sp³-hybridized carbons (Fsp3) is 0. The van der Waals surface area contributed by atoms with Crippen LogP contribution in [0.25, 0.3) is 85.5 Å². The molecule has 0 atom stereocenters. The number of hydrogen-bond donors (Lipinski definition) is 0. The molecule has 0 N–H and O–H groups in total. The van der Waals surface area contributed by atoms with Crippen LogP contribution in [0.4, 0.5) is 17.1 Å². The van der Waals surface area contributed by atoms with E-state index in [4.69, 9.17) is 0 Å². The average Bonchev–Trinajstić information content (AvgIpc) is 3.64. The minimum Gasteiger partial charge on any atom is -0.310 e. The molecule has 1 nitrogen and oxygen atoms in total. The zero-order valence-electron chi connectivity index (χ0n) is 29.4. The minimum absolute atomic E-state index is 1.12. The lowest BCUT2D eigenvalue weighted by atomic mass is 9.90. The van der Waals surface area contributed by atoms with Gasteiger partial charge in [-0.1, -0.05) is 152 Å². The van der Waals surface area contributed by atoms with Crippen molar-refractivity contribution in [1.82, 2.24) is 0 Å². The van der Waals surface area contributed by atoms with Crippen LogP contribution in [0.2, 0.25) is 0 Å². The summed E-state index contributed by atoms with van der Waals surface area (Å²) in [6.07, 6.45) is 0. The van der Waals surface area contributed by atoms with Gasteiger partial charge < -0.3 is 4.90 Å². The molecule has 10 aromatic carbocycles. The Kier molecular flexibility index (Phi) is 7.11. The Morgan fingerprint density at radius 1 is 0.315 bits per heavy atom. The van der Waals surface area contributed by atoms with Crippen molar-refractivity contribution in [3.63, 3.8) is 0 Å². The maximum absolute atomic E-state index is 2.46. The molecule has 0 spiro atoms. The van der Waals surface area contributed by atoms with Crippen molar-refractivity contribution in [2.75, 3.05) is 4.90 Å². The van der Waals surface area contributed by atoms with E-state index >= 15 is 0 Å². The molecule has 0 aliphatic rings. The lowest BCUT2D eigenvalue weighted by molar-refractivity contribution is 1.30. The standard InChI is InChI=1S/C52H33NS/c1-2-12-34(13-3-1)38-17-10-18-41(32-38)53(47-22-11-23-48-52(47)51-43-20-8-5-15-36(43)27-31-49(51)54-48)40-28-24-37(25-29-40)46-33-39-16-6-9-21-44(39)50-42-19-7-4-14-35(42)26-30-45(46)50/h1-33H. The normalized spacial score (nSPS) is 11.7. The van der Waals surface area contributed by atoms with E-state index in [1.807, 2.05) is 11.3 Å². The van der Waals surface area contributed by atoms with E-state index in [-0.39, 0.29) is 0 Å². The average molecular weight is 704 g/mol. The van der Waals surface area contributed by atoms with Gasteiger partial charge in [0.05, 0.1) is 5.69 Å². The molecule has 0 radical (unpaired) electrons. The smallest absolute Gasteiger partial charge is 0.0555 e. The van der Waals surface area contributed by atoms with E-state index in [1.54, 1.807) is 0 Å². The van der Waals surface area contributed by atoms with Gasteiger partial charge in [0.15, 0.2) is 0 Å². The van der Waals surface area contributed by atoms with Gasteiger partial charge in [-0.15, -0.1) is 11.3 Å². The Hall–Kier alpha value is -6.74. The molecule has 2 heteroatoms. The van der Waals surface area contributed by atoms with Gasteiger partial charge in [0.25, 0.3) is 0 Å². The summed E-state index contributed by atoms with van der Waals surface area (Å²) >= 11 is 1.87. The first-order valence-electron chi connectivity index (χ1n) is 18.5. The second-order valence-corrected chi connectivity index (χ2v) is 15.1. The van der Waals surface area contributed by atoms with Crippen LogP contribution in [-0.2, 0) is 0 Å². The van der Waals surface area contributed by atoms with E-state index < -0.39 is 0 Å². The summed E-state index contributed by atoms with van der Waals surface area (Å²) in [6.45, 7) is 0. The zero-order valence-corrected chi connectivity index (χ0v) is 30.2. The van der Waals surface area contributed by atoms with Crippen molar-refractivity contribution < 1.29 is 0 Å². The molecule has 1 aromatic heterocycles. The summed E-state index contributed by atoms with van der Waals surface area (Å²) in [7, 11) is 0. The minimum atomic E-state index is 1.12. The number of anilines is 3. The van der Waals surface area contributed by atoms with E-state index in [2.05, 4.69) is 205 Å². The summed E-state index contributed by atoms with van der Waals surface area (Å²) < 4.78 is 2.59. The number of hydrogen-bond acceptors (Lipinski definition) is 2. The highest BCUT2D eigenvalue weighted by atomic mass is 32.1. The molecule has 0 saturated heterocycles. The van der Waals surface area contributed by atoms with Gasteiger partial charge in [-0.25, -0.2) is 0 Å². The molecule has 0 saturated carbocycles. The van der Waals surface area contributed by atoms with Crippen molar-refractivity contribution in [2.45, 2.75) is 0 Å². The number of thiophene rings is 1. The molecule has 11 aromatic rings. The molecule has 0 aliphatic carbocycles. The molecule has 0 aliphatic heterocycles. The highest BCUT2D eigenvalue weighted by Gasteiger charge is 2.21. The second kappa shape index (κ2) is 12.4. The van der Waals surface area contributed by atoms with E-state index in [9.17, 15) is 0 Å². The second-order valence-electron chi connectivity index (χ2n) is 14.1. The number of nitrogens with zero attached hydrogens (tertiary/aromatic N) is 1. The van der Waals surface area contributed by atoms with Gasteiger partial charge in [0, 0.05) is 31.5 Å². The van der Waals surface area contributed by atoms with Gasteiger partial charge in [-0.3, -0.25) is 0 Å². The lowest BCUT2D eigenvalue weighted by Gasteiger charge is -2.27. The first kappa shape index (κ1) is 30.8. The topological polar surface area (TPSA) is 3.24 Å². The Morgan fingerprint density at radius 2 is 0.926 bits per heavy atom. The maximum Gasteiger partial charge on any atom is 0.0555 e. The van der Waals surface area contributed by atoms with Crippen LogP contribution in [-0.4, -0.2) is 0 Å². The third-order valence-electron chi connectivity index (χ3n) is 11.0. The van der Waals surface area contributed by atoms with Crippen LogP contribution < -0.4 is 4.90 Å². The Balaban J connectivity index is 1.14. The van der Waals surface area contributed by atoms with Crippen molar-refractivity contribution >= 4 is 91.7 Å². The molecular weight excluding hydrogens is 671 g/mol. The predicted molar refractivity (Wildman–Crippen MR) is 235 cm³/mol. The predicted octanol–water partition coefficient (Wildman–Crippen LogP) is 15.5. The molecule has 11 rings (SSSR count). The van der Waals surface area contributed by atoms with Crippen LogP contribution in [0, 0.1) is 0 Å². The van der Waals surface area contributed by atoms with Gasteiger partial charge >= 0.3 is 0 Å². The number of fused-ring (bicyclic) bond motifs is 10. The van der Waals surface area contributed by atoms with E-state index in [0.717, 1.165) is 11.4 Å². The molecule has 0 bridgehead atoms. The van der Waals surface area contributed by atoms with Crippen molar-refractivity contribution in [3.8, 4) is 22.3 Å². The van der Waals surface area contributed by atoms with Crippen LogP contribution in [0.3, 0.4) is 0 Å². The molecule has 0 unspecified atom stereocenters. The highest BCUT2D eigenvalue weighted by Crippen LogP contribution is 2.48. The van der Waals surface area contributed by atoms with Gasteiger partial charge in [-0.05, 0) is 114 Å². The summed E-state index contributed by atoms with van der Waals surface area (Å²) in [6, 6.07) is 73.5. The monoisotopic (exact) mass is 703 g/mol. The van der Waals surface area contributed by atoms with Gasteiger partial charge in [0.2, 0.25) is 0 Å². The lowest BCUT2D eigenvalue weighted by Crippen LogP contribution is -2.10. The summed E-state index contributed by atoms with van der Waals surface area (Å²) in [5, 5.41) is 12.8. The SMILES string of the molecule is c1ccc(-c2cccc(N(c3ccc(-c4cc5ccccc5c5c4ccc4ccccc45)cc3)c3cccc4sc5ccc6ccccc6c5c34)c2)cc1. The Bertz CT molecular complexity index is 3200. The van der Waals surface area contributed by atoms with Crippen LogP contribution in [0.1, 0.15) is 0 Å². The molecule has 252 valence electrons. The van der Waals surface area contributed by atoms with Crippen LogP contribution in [0.5, 0.6) is 0 Å². The number of benzene rings is 10. The summed E-state index contributed by atoms with van der Waals surface area (Å²) in [5.74, 6) is 0. The van der Waals surface area contributed by atoms with Gasteiger partial charge in [-0.2, -0.15) is 0 Å². The maximum atomic E-state index is 2.46. The first-order valence-corrected chi connectivity index (χ1v) is 19.3. The first-order chi connectivity index (χ1) is 26.8. The third-order valence-corrected chi connectivity index (χ3v) is 12.1. The van der Waals surface area contributed by atoms with Crippen molar-refractivity contribution in [2.24, 2.45) is 0 Å². The van der Waals surface area contributed by atoms with Crippen molar-refractivity contribution in [1.29, 1.82) is 0 Å². The van der Waals surface area contributed by atoms with Crippen molar-refractivity contribution in [3.05, 3.63) is 200 Å². The Morgan fingerprint density at radius 3 is 1.70 bits per heavy atom.